The lowest BCUT2D eigenvalue weighted by Crippen LogP contribution is -2.18. The summed E-state index contributed by atoms with van der Waals surface area (Å²) in [4.78, 5) is 12.6. The van der Waals surface area contributed by atoms with Gasteiger partial charge in [0.2, 0.25) is 0 Å². The largest absolute Gasteiger partial charge is 0.283 e. The minimum absolute atomic E-state index is 0.267. The average Bonchev–Trinajstić information content (AvgIpc) is 3.04. The van der Waals surface area contributed by atoms with Crippen LogP contribution in [-0.2, 0) is 0 Å². The van der Waals surface area contributed by atoms with Gasteiger partial charge < -0.3 is 0 Å². The molecule has 24 heavy (non-hydrogen) atoms. The number of nitrogens with one attached hydrogen (secondary N) is 1. The lowest BCUT2D eigenvalue weighted by Gasteiger charge is -2.01. The van der Waals surface area contributed by atoms with Crippen molar-refractivity contribution in [3.63, 3.8) is 0 Å². The molecule has 0 unspecified atom stereocenters. The predicted molar refractivity (Wildman–Crippen MR) is 101 cm³/mol. The molecule has 9 heteroatoms. The monoisotopic (exact) mass is 420 g/mol. The van der Waals surface area contributed by atoms with E-state index < -0.39 is 5.91 Å². The Morgan fingerprint density at radius 1 is 1.21 bits per heavy atom. The smallest absolute Gasteiger partial charge is 0.266 e. The topological polar surface area (TPSA) is 41.5 Å². The molecule has 3 aromatic rings. The van der Waals surface area contributed by atoms with Gasteiger partial charge in [0, 0.05) is 15.6 Å². The van der Waals surface area contributed by atoms with Gasteiger partial charge in [-0.15, -0.1) is 22.7 Å². The molecule has 1 amide bonds. The number of fused-ring (bicyclic) bond motifs is 1. The molecule has 3 rings (SSSR count). The van der Waals surface area contributed by atoms with Crippen LogP contribution in [0.3, 0.4) is 0 Å². The maximum atomic E-state index is 13.3. The Bertz CT molecular complexity index is 981. The Morgan fingerprint density at radius 2 is 1.96 bits per heavy atom. The average molecular weight is 422 g/mol. The highest BCUT2D eigenvalue weighted by atomic mass is 35.5. The van der Waals surface area contributed by atoms with Crippen LogP contribution in [0.5, 0.6) is 0 Å². The summed E-state index contributed by atoms with van der Waals surface area (Å²) >= 11 is 20.5. The van der Waals surface area contributed by atoms with Gasteiger partial charge in [-0.3, -0.25) is 4.79 Å². The molecule has 0 spiro atoms. The van der Waals surface area contributed by atoms with Gasteiger partial charge in [-0.1, -0.05) is 34.8 Å². The first kappa shape index (κ1) is 17.6. The zero-order valence-electron chi connectivity index (χ0n) is 12.0. The van der Waals surface area contributed by atoms with Gasteiger partial charge in [0.05, 0.1) is 15.1 Å². The summed E-state index contributed by atoms with van der Waals surface area (Å²) in [5, 5.41) is 4.93. The van der Waals surface area contributed by atoms with E-state index in [0.717, 1.165) is 11.3 Å². The number of hydrogen-bond acceptors (Lipinski definition) is 4. The molecule has 0 saturated carbocycles. The number of benzene rings is 1. The standard InChI is InChI=1S/C15H8Cl3FN2OS2/c1-6(9-5-11(16)24-14(9)18)20-21-15(22)13-12(17)8-3-2-7(19)4-10(8)23-13/h2-5H,1H3,(H,21,22). The minimum atomic E-state index is -0.474. The van der Waals surface area contributed by atoms with Gasteiger partial charge in [0.25, 0.3) is 5.91 Å². The number of rotatable bonds is 3. The van der Waals surface area contributed by atoms with Crippen LogP contribution in [0.2, 0.25) is 13.7 Å². The Kier molecular flexibility index (Phi) is 5.13. The summed E-state index contributed by atoms with van der Waals surface area (Å²) in [5.41, 5.74) is 3.60. The lowest BCUT2D eigenvalue weighted by atomic mass is 10.2. The van der Waals surface area contributed by atoms with E-state index in [0.29, 0.717) is 30.0 Å². The summed E-state index contributed by atoms with van der Waals surface area (Å²) in [6, 6.07) is 5.86. The second-order valence-electron chi connectivity index (χ2n) is 4.76. The van der Waals surface area contributed by atoms with E-state index in [1.165, 1.54) is 23.5 Å². The fourth-order valence-corrected chi connectivity index (χ4v) is 5.01. The van der Waals surface area contributed by atoms with Gasteiger partial charge in [-0.25, -0.2) is 9.82 Å². The van der Waals surface area contributed by atoms with Crippen molar-refractivity contribution >= 4 is 79.2 Å². The van der Waals surface area contributed by atoms with E-state index in [9.17, 15) is 9.18 Å². The molecule has 2 heterocycles. The van der Waals surface area contributed by atoms with Crippen LogP contribution in [0.25, 0.3) is 10.1 Å². The molecule has 0 bridgehead atoms. The first-order valence-electron chi connectivity index (χ1n) is 6.54. The van der Waals surface area contributed by atoms with E-state index in [1.807, 2.05) is 0 Å². The highest BCUT2D eigenvalue weighted by molar-refractivity contribution is 7.21. The van der Waals surface area contributed by atoms with Crippen molar-refractivity contribution < 1.29 is 9.18 Å². The Morgan fingerprint density at radius 3 is 2.62 bits per heavy atom. The fourth-order valence-electron chi connectivity index (χ4n) is 2.02. The van der Waals surface area contributed by atoms with Crippen molar-refractivity contribution in [3.05, 3.63) is 54.2 Å². The number of hydrogen-bond donors (Lipinski definition) is 1. The molecule has 2 aromatic heterocycles. The van der Waals surface area contributed by atoms with Crippen LogP contribution in [0.15, 0.2) is 29.4 Å². The molecule has 1 N–H and O–H groups in total. The third-order valence-corrected chi connectivity index (χ3v) is 6.31. The van der Waals surface area contributed by atoms with E-state index in [4.69, 9.17) is 34.8 Å². The summed E-state index contributed by atoms with van der Waals surface area (Å²) < 4.78 is 14.9. The van der Waals surface area contributed by atoms with Gasteiger partial charge in [-0.05, 0) is 31.2 Å². The number of amides is 1. The lowest BCUT2D eigenvalue weighted by molar-refractivity contribution is 0.0959. The summed E-state index contributed by atoms with van der Waals surface area (Å²) in [7, 11) is 0. The van der Waals surface area contributed by atoms with Gasteiger partial charge in [-0.2, -0.15) is 5.10 Å². The number of thiophene rings is 2. The fraction of sp³-hybridized carbons (Fsp3) is 0.0667. The van der Waals surface area contributed by atoms with Crippen LogP contribution in [-0.4, -0.2) is 11.6 Å². The Labute approximate surface area is 159 Å². The number of carbonyl (C=O) groups excluding carboxylic acids is 1. The molecule has 0 aliphatic heterocycles. The number of halogens is 4. The van der Waals surface area contributed by atoms with E-state index in [2.05, 4.69) is 10.5 Å². The summed E-state index contributed by atoms with van der Waals surface area (Å²) in [6.07, 6.45) is 0. The number of nitrogens with zero attached hydrogens (tertiary/aromatic N) is 1. The van der Waals surface area contributed by atoms with Crippen molar-refractivity contribution in [3.8, 4) is 0 Å². The second-order valence-corrected chi connectivity index (χ2v) is 8.48. The van der Waals surface area contributed by atoms with Crippen molar-refractivity contribution in [2.45, 2.75) is 6.92 Å². The zero-order valence-corrected chi connectivity index (χ0v) is 15.9. The van der Waals surface area contributed by atoms with Crippen molar-refractivity contribution in [2.24, 2.45) is 5.10 Å². The molecule has 3 nitrogen and oxygen atoms in total. The van der Waals surface area contributed by atoms with Gasteiger partial charge in [0.15, 0.2) is 0 Å². The van der Waals surface area contributed by atoms with E-state index in [-0.39, 0.29) is 15.7 Å². The van der Waals surface area contributed by atoms with Crippen molar-refractivity contribution in [1.82, 2.24) is 5.43 Å². The molecule has 0 saturated heterocycles. The second kappa shape index (κ2) is 6.98. The van der Waals surface area contributed by atoms with Gasteiger partial charge in [0.1, 0.15) is 15.0 Å². The SMILES string of the molecule is CC(=NNC(=O)c1sc2cc(F)ccc2c1Cl)c1cc(Cl)sc1Cl. The normalized spacial score (nSPS) is 12.0. The molecule has 124 valence electrons. The maximum Gasteiger partial charge on any atom is 0.283 e. The quantitative estimate of drug-likeness (QED) is 0.396. The number of carbonyl (C=O) groups is 1. The van der Waals surface area contributed by atoms with E-state index in [1.54, 1.807) is 19.1 Å². The van der Waals surface area contributed by atoms with Crippen molar-refractivity contribution in [1.29, 1.82) is 0 Å². The van der Waals surface area contributed by atoms with Crippen molar-refractivity contribution in [2.75, 3.05) is 0 Å². The molecular weight excluding hydrogens is 414 g/mol. The van der Waals surface area contributed by atoms with E-state index >= 15 is 0 Å². The van der Waals surface area contributed by atoms with Crippen LogP contribution in [0.1, 0.15) is 22.2 Å². The number of hydrazone groups is 1. The van der Waals surface area contributed by atoms with Crippen LogP contribution < -0.4 is 5.43 Å². The highest BCUT2D eigenvalue weighted by Gasteiger charge is 2.17. The first-order valence-corrected chi connectivity index (χ1v) is 9.31. The van der Waals surface area contributed by atoms with Crippen LogP contribution in [0.4, 0.5) is 4.39 Å². The molecule has 0 radical (unpaired) electrons. The van der Waals surface area contributed by atoms with Crippen LogP contribution in [0, 0.1) is 5.82 Å². The highest BCUT2D eigenvalue weighted by Crippen LogP contribution is 2.35. The predicted octanol–water partition coefficient (Wildman–Crippen LogP) is 6.22. The zero-order chi connectivity index (χ0) is 17.4. The van der Waals surface area contributed by atoms with Crippen LogP contribution >= 0.6 is 57.5 Å². The van der Waals surface area contributed by atoms with Gasteiger partial charge >= 0.3 is 0 Å². The third kappa shape index (κ3) is 3.43. The summed E-state index contributed by atoms with van der Waals surface area (Å²) in [6.45, 7) is 1.70. The Balaban J connectivity index is 1.86. The summed E-state index contributed by atoms with van der Waals surface area (Å²) in [5.74, 6) is -0.858. The Hall–Kier alpha value is -1.18. The molecule has 0 aliphatic carbocycles. The maximum absolute atomic E-state index is 13.3. The molecule has 0 fully saturated rings. The third-order valence-electron chi connectivity index (χ3n) is 3.17. The molecule has 1 aromatic carbocycles. The first-order chi connectivity index (χ1) is 11.4. The minimum Gasteiger partial charge on any atom is -0.266 e. The molecule has 0 aliphatic rings. The molecular formula is C15H8Cl3FN2OS2. The molecule has 0 atom stereocenters.